The van der Waals surface area contributed by atoms with E-state index >= 15 is 0 Å². The van der Waals surface area contributed by atoms with Crippen molar-refractivity contribution in [3.05, 3.63) is 155 Å². The second-order valence-corrected chi connectivity index (χ2v) is 20.2. The van der Waals surface area contributed by atoms with Gasteiger partial charge in [0.05, 0.1) is 29.9 Å². The molecule has 392 valence electrons. The van der Waals surface area contributed by atoms with E-state index < -0.39 is 11.8 Å². The lowest BCUT2D eigenvalue weighted by molar-refractivity contribution is -0.103. The van der Waals surface area contributed by atoms with Crippen LogP contribution >= 0.6 is 12.4 Å². The van der Waals surface area contributed by atoms with Crippen LogP contribution in [-0.2, 0) is 0 Å². The van der Waals surface area contributed by atoms with Crippen LogP contribution in [0.5, 0.6) is 11.5 Å². The van der Waals surface area contributed by atoms with E-state index in [-0.39, 0.29) is 46.8 Å². The fourth-order valence-electron chi connectivity index (χ4n) is 11.1. The Bertz CT molecular complexity index is 3500. The molecule has 76 heavy (non-hydrogen) atoms. The molecule has 0 unspecified atom stereocenters. The Kier molecular flexibility index (Phi) is 15.0. The molecule has 0 saturated heterocycles. The normalized spacial score (nSPS) is 19.1. The van der Waals surface area contributed by atoms with Crippen molar-refractivity contribution in [2.45, 2.75) is 64.3 Å². The first kappa shape index (κ1) is 53.0. The zero-order valence-electron chi connectivity index (χ0n) is 42.5. The first-order valence-electron chi connectivity index (χ1n) is 25.3. The van der Waals surface area contributed by atoms with E-state index in [1.807, 2.05) is 44.2 Å². The second kappa shape index (κ2) is 21.4. The summed E-state index contributed by atoms with van der Waals surface area (Å²) in [5, 5.41) is 15.8. The lowest BCUT2D eigenvalue weighted by atomic mass is 9.43. The minimum Gasteiger partial charge on any atom is -0.493 e. The monoisotopic (exact) mass is 1050 g/mol. The molecule has 2 heterocycles. The number of aromatic carboxylic acids is 1. The Morgan fingerprint density at radius 1 is 0.605 bits per heavy atom. The molecule has 6 aliphatic carbocycles. The third-order valence-corrected chi connectivity index (χ3v) is 15.0. The van der Waals surface area contributed by atoms with Crippen LogP contribution in [0.15, 0.2) is 130 Å². The molecule has 12 nitrogen and oxygen atoms in total. The SMILES string of the molecule is CCOc1cc2oc(-c3ccc(F)cc3)c(C(=O)NC)c2cc1-c1cccc(C(=O)CC23CC(C2)C3)c1.CCOc1cc2oc(-c3ccc(F)cc3)c(C(=O)NC)c2cc1-c1cccc(C(=O)O)c1.Cl.NC12CC(C1)C2. The lowest BCUT2D eigenvalue weighted by Gasteiger charge is -2.62. The number of ether oxygens (including phenoxy) is 2. The topological polar surface area (TPSA) is 183 Å². The molecule has 6 saturated carbocycles. The van der Waals surface area contributed by atoms with Crippen LogP contribution in [0.2, 0.25) is 0 Å². The molecule has 0 atom stereocenters. The molecule has 5 N–H and O–H groups in total. The number of Topliss-reactive ketones (excluding diaryl/α,β-unsaturated/α-hetero) is 1. The van der Waals surface area contributed by atoms with Crippen molar-refractivity contribution in [3.8, 4) is 56.4 Å². The highest BCUT2D eigenvalue weighted by Gasteiger charge is 2.57. The number of benzene rings is 6. The third kappa shape index (κ3) is 10.3. The third-order valence-electron chi connectivity index (χ3n) is 15.0. The number of nitrogens with two attached hydrogens (primary N) is 1. The summed E-state index contributed by atoms with van der Waals surface area (Å²) in [6.45, 7) is 4.56. The van der Waals surface area contributed by atoms with Gasteiger partial charge >= 0.3 is 5.97 Å². The Balaban J connectivity index is 0.000000166. The smallest absolute Gasteiger partial charge is 0.335 e. The molecule has 15 heteroatoms. The van der Waals surface area contributed by atoms with Crippen molar-refractivity contribution in [3.63, 3.8) is 0 Å². The number of carbonyl (C=O) groups is 4. The fraction of sp³-hybridized carbons (Fsp3) is 0.279. The Labute approximate surface area is 444 Å². The van der Waals surface area contributed by atoms with Gasteiger partial charge in [-0.3, -0.25) is 14.4 Å². The van der Waals surface area contributed by atoms with Gasteiger partial charge in [-0.15, -0.1) is 12.4 Å². The summed E-state index contributed by atoms with van der Waals surface area (Å²) in [7, 11) is 3.08. The molecule has 6 aromatic carbocycles. The molecule has 4 bridgehead atoms. The quantitative estimate of drug-likeness (QED) is 0.0765. The highest BCUT2D eigenvalue weighted by Crippen LogP contribution is 2.66. The van der Waals surface area contributed by atoms with Crippen LogP contribution in [0.4, 0.5) is 8.78 Å². The lowest BCUT2D eigenvalue weighted by Crippen LogP contribution is -2.64. The number of furan rings is 2. The van der Waals surface area contributed by atoms with Gasteiger partial charge in [0.2, 0.25) is 0 Å². The van der Waals surface area contributed by atoms with Crippen LogP contribution in [0.3, 0.4) is 0 Å². The zero-order chi connectivity index (χ0) is 52.8. The Hall–Kier alpha value is -7.81. The predicted octanol–water partition coefficient (Wildman–Crippen LogP) is 13.3. The summed E-state index contributed by atoms with van der Waals surface area (Å²) in [6, 6.07) is 32.7. The van der Waals surface area contributed by atoms with Gasteiger partial charge in [0.1, 0.15) is 45.8 Å². The molecule has 6 fully saturated rings. The Morgan fingerprint density at radius 3 is 1.37 bits per heavy atom. The van der Waals surface area contributed by atoms with E-state index in [1.165, 1.54) is 75.9 Å². The van der Waals surface area contributed by atoms with Crippen molar-refractivity contribution in [1.29, 1.82) is 0 Å². The number of hydrogen-bond acceptors (Lipinski definition) is 9. The first-order chi connectivity index (χ1) is 36.1. The van der Waals surface area contributed by atoms with E-state index in [0.29, 0.717) is 109 Å². The van der Waals surface area contributed by atoms with E-state index in [1.54, 1.807) is 67.7 Å². The zero-order valence-corrected chi connectivity index (χ0v) is 43.3. The molecular weight excluding hydrogens is 992 g/mol. The van der Waals surface area contributed by atoms with Crippen molar-refractivity contribution < 1.29 is 51.4 Å². The molecule has 2 aromatic heterocycles. The maximum Gasteiger partial charge on any atom is 0.335 e. The predicted molar refractivity (Wildman–Crippen MR) is 290 cm³/mol. The van der Waals surface area contributed by atoms with Gasteiger partial charge in [-0.05, 0) is 160 Å². The number of rotatable bonds is 14. The van der Waals surface area contributed by atoms with Gasteiger partial charge < -0.3 is 39.8 Å². The molecule has 8 aromatic rings. The average Bonchev–Trinajstić information content (AvgIpc) is 4.00. The minimum absolute atomic E-state index is 0. The molecule has 2 amide bonds. The number of carbonyl (C=O) groups excluding carboxylic acids is 3. The van der Waals surface area contributed by atoms with Gasteiger partial charge in [-0.25, -0.2) is 13.6 Å². The fourth-order valence-corrected chi connectivity index (χ4v) is 11.1. The van der Waals surface area contributed by atoms with E-state index in [2.05, 4.69) is 10.6 Å². The highest BCUT2D eigenvalue weighted by atomic mass is 35.5. The summed E-state index contributed by atoms with van der Waals surface area (Å²) in [6.07, 6.45) is 8.13. The van der Waals surface area contributed by atoms with Crippen molar-refractivity contribution in [2.75, 3.05) is 27.3 Å². The summed E-state index contributed by atoms with van der Waals surface area (Å²) in [5.41, 5.74) is 12.7. The van der Waals surface area contributed by atoms with Crippen LogP contribution in [-0.4, -0.2) is 61.5 Å². The molecule has 14 rings (SSSR count). The molecule has 6 aliphatic rings. The van der Waals surface area contributed by atoms with Crippen molar-refractivity contribution in [1.82, 2.24) is 10.6 Å². The van der Waals surface area contributed by atoms with Crippen LogP contribution in [0, 0.1) is 28.9 Å². The minimum atomic E-state index is -1.04. The summed E-state index contributed by atoms with van der Waals surface area (Å²) < 4.78 is 51.0. The number of carboxylic acids is 1. The number of halogens is 3. The highest BCUT2D eigenvalue weighted by molar-refractivity contribution is 6.13. The van der Waals surface area contributed by atoms with Crippen LogP contribution in [0.1, 0.15) is 100 Å². The maximum atomic E-state index is 13.6. The summed E-state index contributed by atoms with van der Waals surface area (Å²) >= 11 is 0. The van der Waals surface area contributed by atoms with Gasteiger partial charge in [0.25, 0.3) is 11.8 Å². The van der Waals surface area contributed by atoms with E-state index in [4.69, 9.17) is 24.0 Å². The average molecular weight is 1050 g/mol. The number of amides is 2. The number of nitrogens with one attached hydrogen (secondary N) is 2. The first-order valence-corrected chi connectivity index (χ1v) is 25.3. The number of carboxylic acid groups (broad SMARTS) is 1. The Morgan fingerprint density at radius 2 is 1.01 bits per heavy atom. The van der Waals surface area contributed by atoms with Crippen LogP contribution < -0.4 is 25.8 Å². The number of ketones is 1. The van der Waals surface area contributed by atoms with Crippen molar-refractivity contribution in [2.24, 2.45) is 23.0 Å². The van der Waals surface area contributed by atoms with Gasteiger partial charge in [0.15, 0.2) is 5.78 Å². The van der Waals surface area contributed by atoms with Gasteiger partial charge in [-0.1, -0.05) is 30.3 Å². The van der Waals surface area contributed by atoms with Crippen molar-refractivity contribution >= 4 is 57.9 Å². The van der Waals surface area contributed by atoms with E-state index in [9.17, 15) is 33.1 Å². The molecule has 0 radical (unpaired) electrons. The van der Waals surface area contributed by atoms with E-state index in [0.717, 1.165) is 23.0 Å². The second-order valence-electron chi connectivity index (χ2n) is 20.2. The largest absolute Gasteiger partial charge is 0.493 e. The number of hydrogen-bond donors (Lipinski definition) is 4. The summed E-state index contributed by atoms with van der Waals surface area (Å²) in [4.78, 5) is 50.4. The van der Waals surface area contributed by atoms with Gasteiger partial charge in [-0.2, -0.15) is 0 Å². The molecular formula is C61H58ClF2N3O9. The maximum absolute atomic E-state index is 13.6. The molecule has 0 spiro atoms. The summed E-state index contributed by atoms with van der Waals surface area (Å²) in [5.74, 6) is 1.33. The van der Waals surface area contributed by atoms with Gasteiger partial charge in [0, 0.05) is 76.8 Å². The molecule has 0 aliphatic heterocycles. The standard InChI is InChI=1S/C31H28FNO4.C25H20FNO5.C5H9N.ClH/c1-3-36-26-13-27-24(28(30(35)33-2)29(37-27)19-7-9-22(32)10-8-19)12-23(26)20-5-4-6-21(11-20)25(34)17-31-14-18(15-31)16-31;1-3-31-20-13-21-19(12-18(20)15-5-4-6-16(11-15)25(29)30)22(24(28)27-2)23(32-21)14-7-9-17(26)10-8-14;6-5-1-4(2-5)3-5;/h4-13,18H,3,14-17H2,1-2H3,(H,33,35);4-13H,3H2,1-2H3,(H,27,28)(H,29,30);4H,1-3,6H2;1H. The number of fused-ring (bicyclic) bond motifs is 2. The van der Waals surface area contributed by atoms with Crippen LogP contribution in [0.25, 0.3) is 66.8 Å².